The van der Waals surface area contributed by atoms with Gasteiger partial charge in [0.05, 0.1) is 0 Å². The average molecular weight is 243 g/mol. The quantitative estimate of drug-likeness (QED) is 0.220. The Bertz CT molecular complexity index is 339. The van der Waals surface area contributed by atoms with Crippen molar-refractivity contribution in [3.8, 4) is 0 Å². The van der Waals surface area contributed by atoms with E-state index in [1.165, 1.54) is 0 Å². The number of nitrogens with two attached hydrogens (primary N) is 1. The Balaban J connectivity index is 0. The van der Waals surface area contributed by atoms with E-state index < -0.39 is 35.0 Å². The van der Waals surface area contributed by atoms with Crippen molar-refractivity contribution in [2.75, 3.05) is 0 Å². The van der Waals surface area contributed by atoms with Gasteiger partial charge >= 0.3 is 52.9 Å². The van der Waals surface area contributed by atoms with Gasteiger partial charge < -0.3 is 21.1 Å². The number of carboxylic acid groups (broad SMARTS) is 3. The topological polar surface area (TPSA) is 172 Å². The van der Waals surface area contributed by atoms with Gasteiger partial charge in [-0.05, 0) is 0 Å². The van der Waals surface area contributed by atoms with Gasteiger partial charge in [0.15, 0.2) is 0 Å². The predicted octanol–water partition coefficient (Wildman–Crippen LogP) is -3.37. The van der Waals surface area contributed by atoms with Crippen molar-refractivity contribution >= 4 is 59.2 Å². The number of hydrogen-bond donors (Lipinski definition) is 4. The zero-order valence-corrected chi connectivity index (χ0v) is 6.96. The van der Waals surface area contributed by atoms with Crippen molar-refractivity contribution < 1.29 is 39.3 Å². The Morgan fingerprint density at radius 2 is 1.06 bits per heavy atom. The Morgan fingerprint density at radius 3 is 1.12 bits per heavy atom. The molecule has 84 valence electrons. The third kappa shape index (κ3) is 2.38. The van der Waals surface area contributed by atoms with Crippen molar-refractivity contribution in [2.24, 2.45) is 11.1 Å². The molecule has 5 N–H and O–H groups in total. The molecule has 0 spiro atoms. The fraction of sp³-hybridized carbons (Fsp3) is 0.167. The molecule has 9 nitrogen and oxygen atoms in total. The fourth-order valence-corrected chi connectivity index (χ4v) is 0.751. The second-order valence-corrected chi connectivity index (χ2v) is 2.36. The minimum atomic E-state index is -3.88. The number of primary amides is 1. The summed E-state index contributed by atoms with van der Waals surface area (Å²) < 4.78 is 0. The summed E-state index contributed by atoms with van der Waals surface area (Å²) in [5, 5.41) is 25.2. The molecular weight excluding hydrogens is 237 g/mol. The van der Waals surface area contributed by atoms with E-state index >= 15 is 0 Å². The van der Waals surface area contributed by atoms with Crippen LogP contribution in [-0.4, -0.2) is 74.5 Å². The van der Waals surface area contributed by atoms with Crippen LogP contribution in [-0.2, 0) is 24.0 Å². The normalized spacial score (nSPS) is 9.75. The van der Waals surface area contributed by atoms with Crippen LogP contribution in [0.15, 0.2) is 0 Å². The number of hydrogen-bond acceptors (Lipinski definition) is 5. The second-order valence-electron chi connectivity index (χ2n) is 2.36. The van der Waals surface area contributed by atoms with Crippen LogP contribution in [0.4, 0.5) is 0 Å². The predicted molar refractivity (Wildman–Crippen MR) is 46.7 cm³/mol. The SMILES string of the molecule is NC(=O)C(=O)C(C(=O)O)(C(=O)O)C(=O)O.[NaH]. The fourth-order valence-electron chi connectivity index (χ4n) is 0.751. The van der Waals surface area contributed by atoms with Crippen LogP contribution in [0.3, 0.4) is 0 Å². The van der Waals surface area contributed by atoms with Gasteiger partial charge in [-0.2, -0.15) is 0 Å². The van der Waals surface area contributed by atoms with Gasteiger partial charge in [0.25, 0.3) is 11.7 Å². The molecule has 0 aliphatic rings. The maximum atomic E-state index is 10.9. The van der Waals surface area contributed by atoms with Gasteiger partial charge in [-0.3, -0.25) is 9.59 Å². The molecule has 0 unspecified atom stereocenters. The van der Waals surface area contributed by atoms with Crippen LogP contribution < -0.4 is 5.73 Å². The Hall–Kier alpha value is -1.45. The van der Waals surface area contributed by atoms with Gasteiger partial charge in [-0.1, -0.05) is 0 Å². The van der Waals surface area contributed by atoms with Crippen LogP contribution in [0.1, 0.15) is 0 Å². The van der Waals surface area contributed by atoms with Gasteiger partial charge in [-0.25, -0.2) is 14.4 Å². The van der Waals surface area contributed by atoms with E-state index in [1.807, 2.05) is 0 Å². The van der Waals surface area contributed by atoms with Crippen LogP contribution in [0, 0.1) is 5.41 Å². The van der Waals surface area contributed by atoms with Gasteiger partial charge in [0.1, 0.15) is 0 Å². The molecule has 0 fully saturated rings. The first-order chi connectivity index (χ1) is 6.68. The van der Waals surface area contributed by atoms with Crippen LogP contribution >= 0.6 is 0 Å². The van der Waals surface area contributed by atoms with Crippen molar-refractivity contribution in [3.63, 3.8) is 0 Å². The third-order valence-electron chi connectivity index (χ3n) is 1.53. The van der Waals surface area contributed by atoms with Crippen molar-refractivity contribution in [2.45, 2.75) is 0 Å². The molecule has 1 amide bonds. The minimum absolute atomic E-state index is 0. The van der Waals surface area contributed by atoms with E-state index in [4.69, 9.17) is 15.3 Å². The third-order valence-corrected chi connectivity index (χ3v) is 1.53. The van der Waals surface area contributed by atoms with Gasteiger partial charge in [0, 0.05) is 0 Å². The molecule has 10 heteroatoms. The second kappa shape index (κ2) is 5.58. The van der Waals surface area contributed by atoms with E-state index in [2.05, 4.69) is 5.73 Å². The van der Waals surface area contributed by atoms with Crippen LogP contribution in [0.25, 0.3) is 0 Å². The van der Waals surface area contributed by atoms with Gasteiger partial charge in [0.2, 0.25) is 0 Å². The van der Waals surface area contributed by atoms with E-state index in [0.717, 1.165) is 0 Å². The number of ketones is 1. The molecule has 0 aliphatic heterocycles. The number of amides is 1. The first-order valence-corrected chi connectivity index (χ1v) is 3.23. The molecule has 0 saturated heterocycles. The van der Waals surface area contributed by atoms with E-state index in [9.17, 15) is 24.0 Å². The molecule has 16 heavy (non-hydrogen) atoms. The molecule has 0 heterocycles. The number of carbonyl (C=O) groups excluding carboxylic acids is 2. The monoisotopic (exact) mass is 243 g/mol. The summed E-state index contributed by atoms with van der Waals surface area (Å²) in [5.41, 5.74) is 0.474. The molecule has 0 aromatic rings. The molecule has 0 aromatic carbocycles. The molecule has 0 atom stereocenters. The van der Waals surface area contributed by atoms with Crippen LogP contribution in [0.5, 0.6) is 0 Å². The van der Waals surface area contributed by atoms with Crippen molar-refractivity contribution in [1.82, 2.24) is 0 Å². The summed E-state index contributed by atoms with van der Waals surface area (Å²) in [4.78, 5) is 52.6. The van der Waals surface area contributed by atoms with E-state index in [-0.39, 0.29) is 29.6 Å². The molecule has 0 aromatic heterocycles. The zero-order valence-electron chi connectivity index (χ0n) is 6.96. The average Bonchev–Trinajstić information content (AvgIpc) is 2.02. The first-order valence-electron chi connectivity index (χ1n) is 3.23. The molecule has 0 radical (unpaired) electrons. The van der Waals surface area contributed by atoms with Gasteiger partial charge in [-0.15, -0.1) is 0 Å². The summed E-state index contributed by atoms with van der Waals surface area (Å²) in [7, 11) is 0. The van der Waals surface area contributed by atoms with Crippen molar-refractivity contribution in [1.29, 1.82) is 0 Å². The summed E-state index contributed by atoms with van der Waals surface area (Å²) in [6, 6.07) is 0. The standard InChI is InChI=1S/C6H5NO8.Na.H/c7-2(9)1(8)6(3(10)11,4(12)13)5(14)15;;/h(H2,7,9)(H,10,11)(H,12,13)(H,14,15);;. The molecule has 0 rings (SSSR count). The summed E-state index contributed by atoms with van der Waals surface area (Å²) in [6.45, 7) is 0. The summed E-state index contributed by atoms with van der Waals surface area (Å²) >= 11 is 0. The number of carbonyl (C=O) groups is 5. The number of rotatable bonds is 5. The Kier molecular flexibility index (Phi) is 5.92. The Labute approximate surface area is 110 Å². The number of Topliss-reactive ketones (excluding diaryl/α,β-unsaturated/α-hetero) is 1. The number of carboxylic acids is 3. The zero-order chi connectivity index (χ0) is 12.4. The van der Waals surface area contributed by atoms with E-state index in [1.54, 1.807) is 0 Å². The summed E-state index contributed by atoms with van der Waals surface area (Å²) in [5.74, 6) is -11.7. The number of aliphatic carboxylic acids is 3. The van der Waals surface area contributed by atoms with Crippen LogP contribution in [0.2, 0.25) is 0 Å². The van der Waals surface area contributed by atoms with E-state index in [0.29, 0.717) is 0 Å². The van der Waals surface area contributed by atoms with Crippen molar-refractivity contribution in [3.05, 3.63) is 0 Å². The summed E-state index contributed by atoms with van der Waals surface area (Å²) in [6.07, 6.45) is 0. The molecule has 0 bridgehead atoms. The first kappa shape index (κ1) is 17.0. The maximum absolute atomic E-state index is 10.9. The molecule has 0 aliphatic carbocycles. The Morgan fingerprint density at radius 1 is 0.812 bits per heavy atom. The molecule has 0 saturated carbocycles. The molecular formula is C6H6NNaO8.